The van der Waals surface area contributed by atoms with Crippen molar-refractivity contribution in [2.24, 2.45) is 71.0 Å². The predicted molar refractivity (Wildman–Crippen MR) is 297 cm³/mol. The van der Waals surface area contributed by atoms with Gasteiger partial charge in [0.05, 0.1) is 35.1 Å². The topological polar surface area (TPSA) is 107 Å². The molecule has 1 heterocycles. The molecule has 6 unspecified atom stereocenters. The maximum absolute atomic E-state index is 10.8. The van der Waals surface area contributed by atoms with Crippen LogP contribution in [0.4, 0.5) is 0 Å². The highest BCUT2D eigenvalue weighted by molar-refractivity contribution is 5.79. The molecule has 7 aliphatic rings. The van der Waals surface area contributed by atoms with Crippen molar-refractivity contribution in [3.63, 3.8) is 0 Å². The molecule has 1 spiro atoms. The first-order chi connectivity index (χ1) is 30.2. The number of Topliss-reactive ketones (excluding diaryl/α,β-unsaturated/α-hetero) is 1. The van der Waals surface area contributed by atoms with Gasteiger partial charge in [0.25, 0.3) is 0 Å². The van der Waals surface area contributed by atoms with Crippen molar-refractivity contribution in [3.05, 3.63) is 0 Å². The first kappa shape index (κ1) is 69.5. The molecule has 6 atom stereocenters. The number of aliphatic hydroxyl groups excluding tert-OH is 1. The van der Waals surface area contributed by atoms with Crippen LogP contribution < -0.4 is 0 Å². The molecular weight excluding hydrogens is 841 g/mol. The Kier molecular flexibility index (Phi) is 34.1. The zero-order valence-electron chi connectivity index (χ0n) is 46.0. The zero-order valence-corrected chi connectivity index (χ0v) is 46.0. The van der Waals surface area contributed by atoms with Gasteiger partial charge in [-0.15, -0.1) is 0 Å². The van der Waals surface area contributed by atoms with E-state index in [4.69, 9.17) is 4.74 Å². The third-order valence-corrected chi connectivity index (χ3v) is 17.9. The van der Waals surface area contributed by atoms with Crippen LogP contribution in [0.25, 0.3) is 0 Å². The van der Waals surface area contributed by atoms with Crippen LogP contribution in [0.2, 0.25) is 0 Å². The molecule has 7 rings (SSSR count). The molecule has 1 aliphatic heterocycles. The van der Waals surface area contributed by atoms with Gasteiger partial charge in [0.1, 0.15) is 5.78 Å². The van der Waals surface area contributed by atoms with Crippen LogP contribution in [0, 0.1) is 71.0 Å². The monoisotopic (exact) mass is 967 g/mol. The van der Waals surface area contributed by atoms with E-state index >= 15 is 0 Å². The Balaban J connectivity index is 0. The smallest absolute Gasteiger partial charge is 0.132 e. The lowest BCUT2D eigenvalue weighted by Gasteiger charge is -2.47. The van der Waals surface area contributed by atoms with Gasteiger partial charge in [-0.25, -0.2) is 0 Å². The fraction of sp³-hybridized carbons (Fsp3) is 0.984. The number of carbonyl (C=O) groups excluding carboxylic acids is 1. The molecule has 7 fully saturated rings. The summed E-state index contributed by atoms with van der Waals surface area (Å²) < 4.78 is 5.69. The van der Waals surface area contributed by atoms with Gasteiger partial charge < -0.3 is 25.2 Å². The highest BCUT2D eigenvalue weighted by atomic mass is 16.5. The van der Waals surface area contributed by atoms with Crippen molar-refractivity contribution in [1.82, 2.24) is 0 Å². The Hall–Kier alpha value is -0.530. The van der Waals surface area contributed by atoms with Crippen molar-refractivity contribution in [2.75, 3.05) is 6.61 Å². The third kappa shape index (κ3) is 27.5. The van der Waals surface area contributed by atoms with E-state index in [1.807, 2.05) is 20.8 Å². The fourth-order valence-corrected chi connectivity index (χ4v) is 12.1. The average molecular weight is 968 g/mol. The van der Waals surface area contributed by atoms with Gasteiger partial charge >= 0.3 is 0 Å². The van der Waals surface area contributed by atoms with Crippen LogP contribution in [-0.2, 0) is 9.53 Å². The molecule has 0 aromatic carbocycles. The number of ether oxygens (including phenoxy) is 1. The molecule has 6 saturated carbocycles. The summed E-state index contributed by atoms with van der Waals surface area (Å²) in [7, 11) is 0. The summed E-state index contributed by atoms with van der Waals surface area (Å²) in [4.78, 5) is 10.8. The van der Waals surface area contributed by atoms with Crippen LogP contribution in [0.15, 0.2) is 0 Å². The van der Waals surface area contributed by atoms with Crippen molar-refractivity contribution < 1.29 is 30.0 Å². The van der Waals surface area contributed by atoms with E-state index in [1.165, 1.54) is 83.5 Å². The van der Waals surface area contributed by atoms with Crippen molar-refractivity contribution in [1.29, 1.82) is 0 Å². The second-order valence-electron chi connectivity index (χ2n) is 26.1. The van der Waals surface area contributed by atoms with Gasteiger partial charge in [-0.2, -0.15) is 0 Å². The molecule has 6 aliphatic carbocycles. The minimum absolute atomic E-state index is 0. The summed E-state index contributed by atoms with van der Waals surface area (Å²) in [6.45, 7) is 34.2. The maximum Gasteiger partial charge on any atom is 0.132 e. The van der Waals surface area contributed by atoms with Crippen LogP contribution >= 0.6 is 0 Å². The average Bonchev–Trinajstić information content (AvgIpc) is 3.21. The molecule has 0 bridgehead atoms. The Morgan fingerprint density at radius 1 is 0.426 bits per heavy atom. The number of carbonyl (C=O) groups is 1. The largest absolute Gasteiger partial charge is 0.393 e. The minimum Gasteiger partial charge on any atom is -0.393 e. The predicted octanol–water partition coefficient (Wildman–Crippen LogP) is 17.2. The van der Waals surface area contributed by atoms with Gasteiger partial charge in [0.2, 0.25) is 0 Å². The molecule has 6 heteroatoms. The molecule has 0 aromatic rings. The van der Waals surface area contributed by atoms with E-state index in [0.29, 0.717) is 11.4 Å². The zero-order chi connectivity index (χ0) is 49.2. The van der Waals surface area contributed by atoms with Gasteiger partial charge in [-0.1, -0.05) is 131 Å². The van der Waals surface area contributed by atoms with Crippen LogP contribution in [0.5, 0.6) is 0 Å². The summed E-state index contributed by atoms with van der Waals surface area (Å²) in [6.07, 6.45) is 28.8. The molecule has 0 aromatic heterocycles. The first-order valence-corrected chi connectivity index (χ1v) is 28.2. The number of hydrogen-bond donors (Lipinski definition) is 4. The van der Waals surface area contributed by atoms with E-state index in [1.54, 1.807) is 0 Å². The SMILES string of the molecule is C.C.C.CC(C)C1CCC(=O)CC1.CC(C)C1CCC(C)(O)CC1.CC(C)C1CCC2(CCO2)CC1.CC(C)C1CCCC(C)(O)C1.CC(C)C1CCCC(C)(O)C1.CC(C)C1CCCC(O)C1. The van der Waals surface area contributed by atoms with Crippen LogP contribution in [0.3, 0.4) is 0 Å². The Morgan fingerprint density at radius 2 is 0.765 bits per heavy atom. The molecule has 6 nitrogen and oxygen atoms in total. The lowest BCUT2D eigenvalue weighted by atomic mass is 9.72. The summed E-state index contributed by atoms with van der Waals surface area (Å²) in [5, 5.41) is 38.6. The number of rotatable bonds is 6. The standard InChI is InChI=1S/C11H20O.3C10H20O.C9H16O.C9H18O.3CH4/c1-9(2)10-3-5-11(6-4-10)7-8-12-11;1-8(2)9-4-6-10(3,11)7-5-9;2*1-8(2)9-5-4-6-10(3,11)7-9;1-7(2)8-3-5-9(10)6-4-8;1-7(2)8-4-3-5-9(10)6-8;;;/h9-10H,3-8H2,1-2H3;3*8-9,11H,4-7H2,1-3H3;7-8H,3-6H2,1-2H3;7-10H,3-6H2,1-2H3;3*1H4. The van der Waals surface area contributed by atoms with Crippen LogP contribution in [0.1, 0.15) is 287 Å². The van der Waals surface area contributed by atoms with E-state index in [2.05, 4.69) is 83.1 Å². The second kappa shape index (κ2) is 33.3. The van der Waals surface area contributed by atoms with E-state index in [-0.39, 0.29) is 45.2 Å². The maximum atomic E-state index is 10.8. The highest BCUT2D eigenvalue weighted by Crippen LogP contribution is 2.44. The third-order valence-electron chi connectivity index (χ3n) is 17.9. The highest BCUT2D eigenvalue weighted by Gasteiger charge is 2.42. The summed E-state index contributed by atoms with van der Waals surface area (Å²) >= 11 is 0. The van der Waals surface area contributed by atoms with Gasteiger partial charge in [-0.05, 0) is 214 Å². The summed E-state index contributed by atoms with van der Waals surface area (Å²) in [5.74, 6) is 10.1. The molecule has 0 radical (unpaired) electrons. The van der Waals surface area contributed by atoms with Crippen molar-refractivity contribution >= 4 is 5.78 Å². The minimum atomic E-state index is -0.368. The van der Waals surface area contributed by atoms with E-state index < -0.39 is 0 Å². The molecule has 1 saturated heterocycles. The molecule has 410 valence electrons. The molecule has 4 N–H and O–H groups in total. The lowest BCUT2D eigenvalue weighted by Crippen LogP contribution is -2.46. The van der Waals surface area contributed by atoms with E-state index in [9.17, 15) is 25.2 Å². The van der Waals surface area contributed by atoms with Crippen LogP contribution in [-0.4, -0.2) is 61.3 Å². The number of aliphatic hydroxyl groups is 4. The Morgan fingerprint density at radius 3 is 1.04 bits per heavy atom. The van der Waals surface area contributed by atoms with Gasteiger partial charge in [0, 0.05) is 12.8 Å². The molecular formula is C62H126O6. The number of ketones is 1. The lowest BCUT2D eigenvalue weighted by molar-refractivity contribution is -0.171. The number of hydrogen-bond acceptors (Lipinski definition) is 6. The summed E-state index contributed by atoms with van der Waals surface area (Å²) in [5.41, 5.74) is -0.725. The Bertz CT molecular complexity index is 1200. The van der Waals surface area contributed by atoms with Crippen molar-refractivity contribution in [3.8, 4) is 0 Å². The molecule has 0 amide bonds. The van der Waals surface area contributed by atoms with E-state index in [0.717, 1.165) is 155 Å². The van der Waals surface area contributed by atoms with Gasteiger partial charge in [0.15, 0.2) is 0 Å². The quantitative estimate of drug-likeness (QED) is 0.211. The fourth-order valence-electron chi connectivity index (χ4n) is 12.1. The second-order valence-corrected chi connectivity index (χ2v) is 26.1. The normalized spacial score (nSPS) is 34.9. The van der Waals surface area contributed by atoms with Crippen molar-refractivity contribution in [2.45, 2.75) is 315 Å². The Labute approximate surface area is 426 Å². The van der Waals surface area contributed by atoms with Gasteiger partial charge in [-0.3, -0.25) is 4.79 Å². The summed E-state index contributed by atoms with van der Waals surface area (Å²) in [6, 6.07) is 0. The molecule has 68 heavy (non-hydrogen) atoms. The first-order valence-electron chi connectivity index (χ1n) is 28.2.